The summed E-state index contributed by atoms with van der Waals surface area (Å²) >= 11 is 0. The Bertz CT molecular complexity index is 428. The van der Waals surface area contributed by atoms with Crippen molar-refractivity contribution in [3.05, 3.63) is 29.8 Å². The first-order valence-electron chi connectivity index (χ1n) is 6.10. The monoisotopic (exact) mass is 266 g/mol. The van der Waals surface area contributed by atoms with E-state index in [-0.39, 0.29) is 25.4 Å². The quantitative estimate of drug-likeness (QED) is 0.707. The van der Waals surface area contributed by atoms with Crippen LogP contribution < -0.4 is 4.74 Å². The zero-order chi connectivity index (χ0) is 14.1. The zero-order valence-corrected chi connectivity index (χ0v) is 11.2. The Morgan fingerprint density at radius 3 is 2.42 bits per heavy atom. The highest BCUT2D eigenvalue weighted by atomic mass is 16.5. The third-order valence-corrected chi connectivity index (χ3v) is 2.37. The van der Waals surface area contributed by atoms with Crippen LogP contribution in [-0.2, 0) is 25.7 Å². The number of esters is 2. The largest absolute Gasteiger partial charge is 0.497 e. The van der Waals surface area contributed by atoms with Gasteiger partial charge in [0, 0.05) is 0 Å². The first-order chi connectivity index (χ1) is 9.15. The fraction of sp³-hybridized carbons (Fsp3) is 0.429. The number of rotatable bonds is 7. The van der Waals surface area contributed by atoms with Gasteiger partial charge in [-0.1, -0.05) is 12.1 Å². The predicted octanol–water partition coefficient (Wildman–Crippen LogP) is 2.08. The lowest BCUT2D eigenvalue weighted by Gasteiger charge is -2.06. The molecule has 0 saturated carbocycles. The van der Waals surface area contributed by atoms with Crippen LogP contribution in [0.2, 0.25) is 0 Å². The SMILES string of the molecule is CCOC(=O)CCC(=O)OCc1cccc(OC)c1. The number of carbonyl (C=O) groups is 2. The topological polar surface area (TPSA) is 61.8 Å². The standard InChI is InChI=1S/C14H18O5/c1-3-18-13(15)7-8-14(16)19-10-11-5-4-6-12(9-11)17-2/h4-6,9H,3,7-8,10H2,1-2H3. The molecule has 0 radical (unpaired) electrons. The van der Waals surface area contributed by atoms with Crippen molar-refractivity contribution in [3.8, 4) is 5.75 Å². The van der Waals surface area contributed by atoms with Gasteiger partial charge in [-0.05, 0) is 24.6 Å². The average molecular weight is 266 g/mol. The molecule has 0 aliphatic rings. The normalized spacial score (nSPS) is 9.79. The van der Waals surface area contributed by atoms with E-state index in [1.165, 1.54) is 0 Å². The Kier molecular flexibility index (Phi) is 6.43. The van der Waals surface area contributed by atoms with E-state index in [4.69, 9.17) is 14.2 Å². The van der Waals surface area contributed by atoms with E-state index in [1.807, 2.05) is 18.2 Å². The molecule has 104 valence electrons. The first-order valence-corrected chi connectivity index (χ1v) is 6.10. The molecule has 5 nitrogen and oxygen atoms in total. The summed E-state index contributed by atoms with van der Waals surface area (Å²) in [6.07, 6.45) is 0.0770. The van der Waals surface area contributed by atoms with Gasteiger partial charge in [-0.15, -0.1) is 0 Å². The van der Waals surface area contributed by atoms with Crippen LogP contribution in [0.1, 0.15) is 25.3 Å². The minimum Gasteiger partial charge on any atom is -0.497 e. The number of methoxy groups -OCH3 is 1. The summed E-state index contributed by atoms with van der Waals surface area (Å²) in [4.78, 5) is 22.5. The molecule has 0 heterocycles. The molecule has 5 heteroatoms. The molecule has 0 amide bonds. The number of carbonyl (C=O) groups excluding carboxylic acids is 2. The van der Waals surface area contributed by atoms with E-state index in [9.17, 15) is 9.59 Å². The highest BCUT2D eigenvalue weighted by molar-refractivity contribution is 5.77. The van der Waals surface area contributed by atoms with Crippen LogP contribution in [0.3, 0.4) is 0 Å². The molecule has 19 heavy (non-hydrogen) atoms. The van der Waals surface area contributed by atoms with Crippen LogP contribution in [0.25, 0.3) is 0 Å². The highest BCUT2D eigenvalue weighted by Gasteiger charge is 2.08. The third-order valence-electron chi connectivity index (χ3n) is 2.37. The van der Waals surface area contributed by atoms with Gasteiger partial charge >= 0.3 is 11.9 Å². The molecule has 0 saturated heterocycles. The first kappa shape index (κ1) is 15.0. The van der Waals surface area contributed by atoms with Crippen LogP contribution in [0, 0.1) is 0 Å². The van der Waals surface area contributed by atoms with Crippen molar-refractivity contribution in [1.82, 2.24) is 0 Å². The van der Waals surface area contributed by atoms with E-state index >= 15 is 0 Å². The van der Waals surface area contributed by atoms with Crippen molar-refractivity contribution in [3.63, 3.8) is 0 Å². The Morgan fingerprint density at radius 1 is 1.11 bits per heavy atom. The maximum absolute atomic E-state index is 11.4. The molecule has 0 fully saturated rings. The van der Waals surface area contributed by atoms with Crippen molar-refractivity contribution < 1.29 is 23.8 Å². The Balaban J connectivity index is 2.31. The fourth-order valence-electron chi connectivity index (χ4n) is 1.44. The smallest absolute Gasteiger partial charge is 0.306 e. The van der Waals surface area contributed by atoms with Crippen molar-refractivity contribution >= 4 is 11.9 Å². The summed E-state index contributed by atoms with van der Waals surface area (Å²) in [6.45, 7) is 2.20. The summed E-state index contributed by atoms with van der Waals surface area (Å²) < 4.78 is 14.8. The third kappa shape index (κ3) is 5.90. The van der Waals surface area contributed by atoms with Crippen molar-refractivity contribution in [2.45, 2.75) is 26.4 Å². The van der Waals surface area contributed by atoms with Crippen LogP contribution in [0.4, 0.5) is 0 Å². The summed E-state index contributed by atoms with van der Waals surface area (Å²) in [5, 5.41) is 0. The second-order valence-electron chi connectivity index (χ2n) is 3.82. The Labute approximate surface area is 112 Å². The average Bonchev–Trinajstić information content (AvgIpc) is 2.43. The maximum Gasteiger partial charge on any atom is 0.306 e. The summed E-state index contributed by atoms with van der Waals surface area (Å²) in [5.74, 6) is -0.100. The molecular weight excluding hydrogens is 248 g/mol. The molecule has 1 rings (SSSR count). The Hall–Kier alpha value is -2.04. The Morgan fingerprint density at radius 2 is 1.79 bits per heavy atom. The molecule has 0 spiro atoms. The van der Waals surface area contributed by atoms with Crippen LogP contribution in [0.5, 0.6) is 5.75 Å². The number of hydrogen-bond acceptors (Lipinski definition) is 5. The minimum atomic E-state index is -0.420. The number of benzene rings is 1. The summed E-state index contributed by atoms with van der Waals surface area (Å²) in [7, 11) is 1.57. The molecule has 0 aromatic heterocycles. The second kappa shape index (κ2) is 8.13. The van der Waals surface area contributed by atoms with Gasteiger partial charge in [0.15, 0.2) is 0 Å². The lowest BCUT2D eigenvalue weighted by molar-refractivity contribution is -0.150. The van der Waals surface area contributed by atoms with Crippen LogP contribution in [0.15, 0.2) is 24.3 Å². The molecule has 0 atom stereocenters. The molecule has 0 aliphatic heterocycles. The van der Waals surface area contributed by atoms with Gasteiger partial charge in [0.2, 0.25) is 0 Å². The molecule has 1 aromatic rings. The predicted molar refractivity (Wildman–Crippen MR) is 68.7 cm³/mol. The molecule has 0 aliphatic carbocycles. The van der Waals surface area contributed by atoms with Crippen molar-refractivity contribution in [2.75, 3.05) is 13.7 Å². The zero-order valence-electron chi connectivity index (χ0n) is 11.2. The fourth-order valence-corrected chi connectivity index (χ4v) is 1.44. The van der Waals surface area contributed by atoms with Gasteiger partial charge in [0.05, 0.1) is 26.6 Å². The van der Waals surface area contributed by atoms with Crippen LogP contribution in [-0.4, -0.2) is 25.7 Å². The molecular formula is C14H18O5. The molecule has 0 bridgehead atoms. The van der Waals surface area contributed by atoms with Gasteiger partial charge in [-0.25, -0.2) is 0 Å². The highest BCUT2D eigenvalue weighted by Crippen LogP contribution is 2.13. The number of hydrogen-bond donors (Lipinski definition) is 0. The van der Waals surface area contributed by atoms with Gasteiger partial charge in [-0.3, -0.25) is 9.59 Å². The van der Waals surface area contributed by atoms with E-state index in [0.29, 0.717) is 12.4 Å². The van der Waals surface area contributed by atoms with Gasteiger partial charge in [-0.2, -0.15) is 0 Å². The molecule has 0 N–H and O–H groups in total. The summed E-state index contributed by atoms with van der Waals surface area (Å²) in [6, 6.07) is 7.26. The van der Waals surface area contributed by atoms with E-state index < -0.39 is 5.97 Å². The van der Waals surface area contributed by atoms with Gasteiger partial charge < -0.3 is 14.2 Å². The van der Waals surface area contributed by atoms with Gasteiger partial charge in [0.25, 0.3) is 0 Å². The minimum absolute atomic E-state index is 0.0306. The van der Waals surface area contributed by atoms with Gasteiger partial charge in [0.1, 0.15) is 12.4 Å². The van der Waals surface area contributed by atoms with E-state index in [0.717, 1.165) is 5.56 Å². The van der Waals surface area contributed by atoms with Crippen molar-refractivity contribution in [1.29, 1.82) is 0 Å². The number of ether oxygens (including phenoxy) is 3. The lowest BCUT2D eigenvalue weighted by atomic mass is 10.2. The van der Waals surface area contributed by atoms with Crippen LogP contribution >= 0.6 is 0 Å². The molecule has 0 unspecified atom stereocenters. The maximum atomic E-state index is 11.4. The molecule has 1 aromatic carbocycles. The van der Waals surface area contributed by atoms with E-state index in [2.05, 4.69) is 0 Å². The lowest BCUT2D eigenvalue weighted by Crippen LogP contribution is -2.10. The summed E-state index contributed by atoms with van der Waals surface area (Å²) in [5.41, 5.74) is 0.837. The van der Waals surface area contributed by atoms with E-state index in [1.54, 1.807) is 20.1 Å². The van der Waals surface area contributed by atoms with Crippen molar-refractivity contribution in [2.24, 2.45) is 0 Å². The second-order valence-corrected chi connectivity index (χ2v) is 3.82.